The Morgan fingerprint density at radius 1 is 1.06 bits per heavy atom. The second-order valence-electron chi connectivity index (χ2n) is 7.46. The number of nitrogens with one attached hydrogen (secondary N) is 1. The number of benzene rings is 2. The van der Waals surface area contributed by atoms with Crippen LogP contribution in [0.15, 0.2) is 54.9 Å². The molecule has 1 saturated carbocycles. The maximum Gasteiger partial charge on any atom is 0.268 e. The molecule has 3 N–H and O–H groups in total. The van der Waals surface area contributed by atoms with E-state index in [0.29, 0.717) is 17.2 Å². The van der Waals surface area contributed by atoms with E-state index in [4.69, 9.17) is 25.4 Å². The first-order chi connectivity index (χ1) is 16.0. The smallest absolute Gasteiger partial charge is 0.268 e. The second kappa shape index (κ2) is 11.6. The maximum atomic E-state index is 11.2. The quantitative estimate of drug-likeness (QED) is 0.521. The van der Waals surface area contributed by atoms with Gasteiger partial charge >= 0.3 is 0 Å². The highest BCUT2D eigenvalue weighted by molar-refractivity contribution is 5.91. The number of aromatic nitrogens is 2. The average Bonchev–Trinajstić information content (AvgIpc) is 3.37. The third-order valence-corrected chi connectivity index (χ3v) is 5.19. The van der Waals surface area contributed by atoms with Crippen LogP contribution in [-0.4, -0.2) is 42.4 Å². The van der Waals surface area contributed by atoms with Gasteiger partial charge in [-0.15, -0.1) is 0 Å². The summed E-state index contributed by atoms with van der Waals surface area (Å²) in [6.07, 6.45) is 9.09. The largest absolute Gasteiger partial charge is 0.497 e. The first kappa shape index (κ1) is 23.7. The molecule has 0 saturated heterocycles. The van der Waals surface area contributed by atoms with Crippen LogP contribution in [0.1, 0.15) is 41.7 Å². The lowest BCUT2D eigenvalue weighted by atomic mass is 10.1. The van der Waals surface area contributed by atoms with Crippen LogP contribution in [0.5, 0.6) is 17.2 Å². The fourth-order valence-electron chi connectivity index (χ4n) is 3.49. The van der Waals surface area contributed by atoms with Crippen LogP contribution in [-0.2, 0) is 0 Å². The number of hydrogen-bond acceptors (Lipinski definition) is 7. The van der Waals surface area contributed by atoms with Crippen molar-refractivity contribution in [2.45, 2.75) is 31.8 Å². The molecule has 1 heterocycles. The van der Waals surface area contributed by atoms with Crippen LogP contribution in [0.4, 0.5) is 0 Å². The molecule has 0 unspecified atom stereocenters. The van der Waals surface area contributed by atoms with Crippen LogP contribution in [0.3, 0.4) is 0 Å². The molecule has 1 amide bonds. The van der Waals surface area contributed by atoms with Gasteiger partial charge in [0.15, 0.2) is 0 Å². The van der Waals surface area contributed by atoms with Gasteiger partial charge in [-0.05, 0) is 55.5 Å². The summed E-state index contributed by atoms with van der Waals surface area (Å²) in [5.74, 6) is 1.60. The summed E-state index contributed by atoms with van der Waals surface area (Å²) in [4.78, 5) is 19.5. The number of nitrogens with zero attached hydrogens (tertiary/aromatic N) is 2. The van der Waals surface area contributed by atoms with Gasteiger partial charge in [0.05, 0.1) is 38.4 Å². The molecular weight excluding hydrogens is 420 g/mol. The number of primary amides is 1. The van der Waals surface area contributed by atoms with E-state index in [0.717, 1.165) is 29.7 Å². The predicted octanol–water partition coefficient (Wildman–Crippen LogP) is 4.27. The fraction of sp³-hybridized carbons (Fsp3) is 0.280. The molecule has 1 aromatic heterocycles. The molecule has 0 radical (unpaired) electrons. The van der Waals surface area contributed by atoms with Crippen molar-refractivity contribution in [3.05, 3.63) is 66.1 Å². The highest BCUT2D eigenvalue weighted by Gasteiger charge is 2.19. The molecule has 2 aromatic carbocycles. The summed E-state index contributed by atoms with van der Waals surface area (Å²) in [6.45, 7) is 0. The van der Waals surface area contributed by atoms with Gasteiger partial charge < -0.3 is 25.4 Å². The molecule has 0 spiro atoms. The summed E-state index contributed by atoms with van der Waals surface area (Å²) >= 11 is 0. The van der Waals surface area contributed by atoms with Gasteiger partial charge in [0.25, 0.3) is 5.91 Å². The Hall–Kier alpha value is -3.94. The zero-order valence-electron chi connectivity index (χ0n) is 18.8. The third-order valence-electron chi connectivity index (χ3n) is 5.19. The molecule has 8 nitrogen and oxygen atoms in total. The molecule has 1 fully saturated rings. The minimum Gasteiger partial charge on any atom is -0.497 e. The molecule has 1 aliphatic carbocycles. The summed E-state index contributed by atoms with van der Waals surface area (Å²) in [6, 6.07) is 13.0. The van der Waals surface area contributed by atoms with E-state index in [2.05, 4.69) is 9.97 Å². The zero-order chi connectivity index (χ0) is 23.6. The Morgan fingerprint density at radius 2 is 1.73 bits per heavy atom. The Balaban J connectivity index is 0.000000218. The highest BCUT2D eigenvalue weighted by Crippen LogP contribution is 2.32. The van der Waals surface area contributed by atoms with Gasteiger partial charge in [0, 0.05) is 17.8 Å². The van der Waals surface area contributed by atoms with Crippen LogP contribution >= 0.6 is 0 Å². The lowest BCUT2D eigenvalue weighted by molar-refractivity contribution is 0.0995. The highest BCUT2D eigenvalue weighted by atomic mass is 16.5. The molecule has 0 atom stereocenters. The van der Waals surface area contributed by atoms with Gasteiger partial charge in [-0.3, -0.25) is 9.78 Å². The number of rotatable bonds is 7. The minimum absolute atomic E-state index is 0.156. The molecule has 4 rings (SSSR count). The molecule has 1 aliphatic rings. The summed E-state index contributed by atoms with van der Waals surface area (Å²) in [5, 5.41) is 7.05. The van der Waals surface area contributed by atoms with Gasteiger partial charge in [-0.2, -0.15) is 0 Å². The van der Waals surface area contributed by atoms with Crippen molar-refractivity contribution < 1.29 is 19.0 Å². The molecule has 3 aromatic rings. The van der Waals surface area contributed by atoms with E-state index in [1.54, 1.807) is 38.6 Å². The third kappa shape index (κ3) is 6.52. The average molecular weight is 449 g/mol. The van der Waals surface area contributed by atoms with Gasteiger partial charge in [0.2, 0.25) is 0 Å². The number of carbonyl (C=O) groups is 1. The van der Waals surface area contributed by atoms with Crippen LogP contribution in [0, 0.1) is 5.41 Å². The first-order valence-corrected chi connectivity index (χ1v) is 10.7. The number of nitrogens with two attached hydrogens (primary N) is 1. The van der Waals surface area contributed by atoms with Crippen LogP contribution in [0.2, 0.25) is 0 Å². The van der Waals surface area contributed by atoms with Crippen molar-refractivity contribution in [1.82, 2.24) is 9.97 Å². The number of hydrogen-bond donors (Lipinski definition) is 2. The Bertz CT molecular complexity index is 1080. The minimum atomic E-state index is -0.585. The molecule has 8 heteroatoms. The van der Waals surface area contributed by atoms with Crippen molar-refractivity contribution in [2.24, 2.45) is 5.73 Å². The lowest BCUT2D eigenvalue weighted by Crippen LogP contribution is -2.14. The Labute approximate surface area is 193 Å². The standard InChI is InChI=1S/C16H17N3O2.C9H11NO2/c17-16(20)14-10-18-9-13(19-14)12-7-3-4-8-15(12)21-11-5-1-2-6-11;1-11-8-3-7(6-10)4-9(5-8)12-2/h3-4,7-11H,1-2,5-6H2,(H2,17,20);3-6,10H,1-2H3. The van der Waals surface area contributed by atoms with E-state index >= 15 is 0 Å². The molecule has 172 valence electrons. The molecule has 0 aliphatic heterocycles. The zero-order valence-corrected chi connectivity index (χ0v) is 18.8. The Morgan fingerprint density at radius 3 is 2.33 bits per heavy atom. The molecular formula is C25H28N4O4. The number of carbonyl (C=O) groups excluding carboxylic acids is 1. The van der Waals surface area contributed by atoms with E-state index in [-0.39, 0.29) is 11.8 Å². The Kier molecular flexibility index (Phi) is 8.35. The second-order valence-corrected chi connectivity index (χ2v) is 7.46. The fourth-order valence-corrected chi connectivity index (χ4v) is 3.49. The van der Waals surface area contributed by atoms with Crippen molar-refractivity contribution >= 4 is 12.1 Å². The number of para-hydroxylation sites is 1. The molecule has 0 bridgehead atoms. The number of methoxy groups -OCH3 is 2. The lowest BCUT2D eigenvalue weighted by Gasteiger charge is -2.16. The van der Waals surface area contributed by atoms with E-state index < -0.39 is 5.91 Å². The van der Waals surface area contributed by atoms with E-state index in [9.17, 15) is 4.79 Å². The van der Waals surface area contributed by atoms with Crippen molar-refractivity contribution in [1.29, 1.82) is 5.41 Å². The topological polar surface area (TPSA) is 120 Å². The van der Waals surface area contributed by atoms with Crippen molar-refractivity contribution in [3.63, 3.8) is 0 Å². The summed E-state index contributed by atoms with van der Waals surface area (Å²) in [7, 11) is 3.17. The monoisotopic (exact) mass is 448 g/mol. The predicted molar refractivity (Wildman–Crippen MR) is 126 cm³/mol. The maximum absolute atomic E-state index is 11.2. The van der Waals surface area contributed by atoms with Gasteiger partial charge in [0.1, 0.15) is 22.9 Å². The number of amides is 1. The normalized spacial score (nSPS) is 12.9. The van der Waals surface area contributed by atoms with E-state index in [1.807, 2.05) is 24.3 Å². The SMILES string of the molecule is COc1cc(C=N)cc(OC)c1.NC(=O)c1cncc(-c2ccccc2OC2CCCC2)n1. The number of ether oxygens (including phenoxy) is 3. The summed E-state index contributed by atoms with van der Waals surface area (Å²) < 4.78 is 16.1. The van der Waals surface area contributed by atoms with Gasteiger partial charge in [-0.25, -0.2) is 4.98 Å². The van der Waals surface area contributed by atoms with E-state index in [1.165, 1.54) is 25.3 Å². The summed E-state index contributed by atoms with van der Waals surface area (Å²) in [5.41, 5.74) is 7.61. The molecule has 33 heavy (non-hydrogen) atoms. The first-order valence-electron chi connectivity index (χ1n) is 10.7. The van der Waals surface area contributed by atoms with Crippen LogP contribution < -0.4 is 19.9 Å². The van der Waals surface area contributed by atoms with Crippen LogP contribution in [0.25, 0.3) is 11.3 Å². The van der Waals surface area contributed by atoms with Gasteiger partial charge in [-0.1, -0.05) is 12.1 Å². The van der Waals surface area contributed by atoms with Crippen molar-refractivity contribution in [2.75, 3.05) is 14.2 Å². The van der Waals surface area contributed by atoms with Crippen molar-refractivity contribution in [3.8, 4) is 28.5 Å².